The van der Waals surface area contributed by atoms with E-state index in [9.17, 15) is 18.0 Å². The van der Waals surface area contributed by atoms with Gasteiger partial charge in [-0.15, -0.1) is 0 Å². The third kappa shape index (κ3) is 5.52. The average molecular weight is 409 g/mol. The van der Waals surface area contributed by atoms with Gasteiger partial charge in [-0.25, -0.2) is 9.78 Å². The summed E-state index contributed by atoms with van der Waals surface area (Å²) in [5.74, 6) is 0.258. The molecule has 0 saturated carbocycles. The molecule has 0 atom stereocenters. The lowest BCUT2D eigenvalue weighted by Crippen LogP contribution is -2.57. The molecule has 9 heteroatoms. The molecule has 1 fully saturated rings. The highest BCUT2D eigenvalue weighted by Crippen LogP contribution is 2.35. The number of halogens is 3. The molecule has 1 aliphatic rings. The van der Waals surface area contributed by atoms with Crippen molar-refractivity contribution in [3.63, 3.8) is 0 Å². The first-order valence-electron chi connectivity index (χ1n) is 9.34. The maximum absolute atomic E-state index is 13.0. The van der Waals surface area contributed by atoms with Gasteiger partial charge < -0.3 is 19.7 Å². The maximum atomic E-state index is 13.0. The molecule has 0 radical (unpaired) electrons. The summed E-state index contributed by atoms with van der Waals surface area (Å²) < 4.78 is 49.8. The van der Waals surface area contributed by atoms with Crippen molar-refractivity contribution in [2.45, 2.75) is 32.0 Å². The number of alkyl halides is 3. The van der Waals surface area contributed by atoms with Gasteiger partial charge in [0.1, 0.15) is 17.4 Å². The first kappa shape index (κ1) is 20.8. The summed E-state index contributed by atoms with van der Waals surface area (Å²) in [6.07, 6.45) is -1.82. The highest BCUT2D eigenvalue weighted by Gasteiger charge is 2.38. The highest BCUT2D eigenvalue weighted by molar-refractivity contribution is 5.90. The van der Waals surface area contributed by atoms with Gasteiger partial charge in [0, 0.05) is 11.9 Å². The second-order valence-corrected chi connectivity index (χ2v) is 6.66. The number of ether oxygens (including phenoxy) is 2. The normalized spacial score (nSPS) is 14.3. The molecule has 1 aromatic heterocycles. The summed E-state index contributed by atoms with van der Waals surface area (Å²) in [7, 11) is 0. The molecule has 1 aliphatic heterocycles. The first-order valence-corrected chi connectivity index (χ1v) is 9.34. The van der Waals surface area contributed by atoms with Gasteiger partial charge in [-0.05, 0) is 42.8 Å². The smallest absolute Gasteiger partial charge is 0.421 e. The van der Waals surface area contributed by atoms with Crippen molar-refractivity contribution in [1.29, 1.82) is 0 Å². The molecule has 1 saturated heterocycles. The molecule has 6 nitrogen and oxygen atoms in total. The summed E-state index contributed by atoms with van der Waals surface area (Å²) >= 11 is 0. The Morgan fingerprint density at radius 3 is 2.62 bits per heavy atom. The molecule has 0 aliphatic carbocycles. The van der Waals surface area contributed by atoms with E-state index in [2.05, 4.69) is 17.2 Å². The Morgan fingerprint density at radius 2 is 1.97 bits per heavy atom. The third-order valence-corrected chi connectivity index (χ3v) is 4.36. The zero-order valence-electron chi connectivity index (χ0n) is 15.9. The molecular weight excluding hydrogens is 387 g/mol. The fraction of sp³-hybridized carbons (Fsp3) is 0.400. The standard InChI is InChI=1S/C20H22F3N3O3/c1-2-3-11-28-15-8-6-14(7-9-15)25-19(27)26-12-16(13-26)29-18-17(20(21,22)23)5-4-10-24-18/h4-10,16H,2-3,11-13H2,1H3,(H,25,27). The van der Waals surface area contributed by atoms with Crippen LogP contribution in [0.4, 0.5) is 23.7 Å². The molecule has 2 amide bonds. The van der Waals surface area contributed by atoms with Gasteiger partial charge in [-0.1, -0.05) is 13.3 Å². The molecule has 3 rings (SSSR count). The number of unbranched alkanes of at least 4 members (excludes halogenated alkanes) is 1. The Hall–Kier alpha value is -2.97. The zero-order valence-corrected chi connectivity index (χ0v) is 15.9. The van der Waals surface area contributed by atoms with E-state index in [0.717, 1.165) is 24.7 Å². The number of aromatic nitrogens is 1. The number of urea groups is 1. The van der Waals surface area contributed by atoms with Gasteiger partial charge in [-0.2, -0.15) is 13.2 Å². The SMILES string of the molecule is CCCCOc1ccc(NC(=O)N2CC(Oc3ncccc3C(F)(F)F)C2)cc1. The summed E-state index contributed by atoms with van der Waals surface area (Å²) in [4.78, 5) is 17.4. The highest BCUT2D eigenvalue weighted by atomic mass is 19.4. The molecule has 0 bridgehead atoms. The molecule has 2 aromatic rings. The minimum absolute atomic E-state index is 0.178. The van der Waals surface area contributed by atoms with E-state index in [1.165, 1.54) is 17.2 Å². The van der Waals surface area contributed by atoms with E-state index < -0.39 is 23.7 Å². The summed E-state index contributed by atoms with van der Waals surface area (Å²) in [6, 6.07) is 8.78. The Kier molecular flexibility index (Phi) is 6.46. The summed E-state index contributed by atoms with van der Waals surface area (Å²) in [5, 5.41) is 2.74. The number of likely N-dealkylation sites (tertiary alicyclic amines) is 1. The van der Waals surface area contributed by atoms with Crippen LogP contribution >= 0.6 is 0 Å². The van der Waals surface area contributed by atoms with Gasteiger partial charge >= 0.3 is 12.2 Å². The number of benzene rings is 1. The number of amides is 2. The van der Waals surface area contributed by atoms with Crippen LogP contribution in [0.3, 0.4) is 0 Å². The topological polar surface area (TPSA) is 63.7 Å². The van der Waals surface area contributed by atoms with Crippen molar-refractivity contribution in [2.24, 2.45) is 0 Å². The number of hydrogen-bond acceptors (Lipinski definition) is 4. The Labute approximate surface area is 166 Å². The third-order valence-electron chi connectivity index (χ3n) is 4.36. The lowest BCUT2D eigenvalue weighted by atomic mass is 10.2. The molecule has 0 unspecified atom stereocenters. The number of carbonyl (C=O) groups excluding carboxylic acids is 1. The second-order valence-electron chi connectivity index (χ2n) is 6.66. The van der Waals surface area contributed by atoms with Crippen molar-refractivity contribution < 1.29 is 27.4 Å². The molecule has 0 spiro atoms. The first-order chi connectivity index (χ1) is 13.9. The van der Waals surface area contributed by atoms with Crippen molar-refractivity contribution in [3.8, 4) is 11.6 Å². The summed E-state index contributed by atoms with van der Waals surface area (Å²) in [6.45, 7) is 3.08. The minimum Gasteiger partial charge on any atom is -0.494 e. The number of nitrogens with one attached hydrogen (secondary N) is 1. The van der Waals surface area contributed by atoms with E-state index >= 15 is 0 Å². The van der Waals surface area contributed by atoms with Crippen LogP contribution in [0.5, 0.6) is 11.6 Å². The van der Waals surface area contributed by atoms with Gasteiger partial charge in [0.05, 0.1) is 19.7 Å². The molecule has 1 N–H and O–H groups in total. The van der Waals surface area contributed by atoms with E-state index in [-0.39, 0.29) is 19.1 Å². The number of pyridine rings is 1. The Bertz CT molecular complexity index is 822. The Balaban J connectivity index is 1.47. The van der Waals surface area contributed by atoms with Gasteiger partial charge in [0.2, 0.25) is 5.88 Å². The van der Waals surface area contributed by atoms with Crippen molar-refractivity contribution in [1.82, 2.24) is 9.88 Å². The van der Waals surface area contributed by atoms with Crippen LogP contribution in [-0.2, 0) is 6.18 Å². The quantitative estimate of drug-likeness (QED) is 0.681. The zero-order chi connectivity index (χ0) is 20.9. The largest absolute Gasteiger partial charge is 0.494 e. The van der Waals surface area contributed by atoms with Crippen molar-refractivity contribution in [2.75, 3.05) is 25.0 Å². The van der Waals surface area contributed by atoms with Crippen LogP contribution in [0, 0.1) is 0 Å². The predicted octanol–water partition coefficient (Wildman–Crippen LogP) is 4.57. The van der Waals surface area contributed by atoms with E-state index in [4.69, 9.17) is 9.47 Å². The predicted molar refractivity (Wildman–Crippen MR) is 101 cm³/mol. The van der Waals surface area contributed by atoms with Crippen LogP contribution in [0.2, 0.25) is 0 Å². The van der Waals surface area contributed by atoms with Crippen LogP contribution in [0.25, 0.3) is 0 Å². The Morgan fingerprint density at radius 1 is 1.24 bits per heavy atom. The summed E-state index contributed by atoms with van der Waals surface area (Å²) in [5.41, 5.74) is -0.324. The van der Waals surface area contributed by atoms with Crippen LogP contribution in [0.1, 0.15) is 25.3 Å². The minimum atomic E-state index is -4.54. The number of carbonyl (C=O) groups is 1. The monoisotopic (exact) mass is 409 g/mol. The van der Waals surface area contributed by atoms with Crippen LogP contribution in [0.15, 0.2) is 42.6 Å². The fourth-order valence-corrected chi connectivity index (χ4v) is 2.71. The van der Waals surface area contributed by atoms with Gasteiger partial charge in [0.15, 0.2) is 0 Å². The van der Waals surface area contributed by atoms with Crippen molar-refractivity contribution >= 4 is 11.7 Å². The second kappa shape index (κ2) is 9.02. The van der Waals surface area contributed by atoms with E-state index in [1.54, 1.807) is 24.3 Å². The average Bonchev–Trinajstić information content (AvgIpc) is 2.65. The van der Waals surface area contributed by atoms with E-state index in [1.807, 2.05) is 0 Å². The molecule has 2 heterocycles. The molecule has 156 valence electrons. The maximum Gasteiger partial charge on any atom is 0.421 e. The van der Waals surface area contributed by atoms with Gasteiger partial charge in [0.25, 0.3) is 0 Å². The number of hydrogen-bond donors (Lipinski definition) is 1. The van der Waals surface area contributed by atoms with Crippen LogP contribution < -0.4 is 14.8 Å². The van der Waals surface area contributed by atoms with Crippen LogP contribution in [-0.4, -0.2) is 41.7 Å². The lowest BCUT2D eigenvalue weighted by molar-refractivity contribution is -0.140. The van der Waals surface area contributed by atoms with Gasteiger partial charge in [-0.3, -0.25) is 0 Å². The molecule has 29 heavy (non-hydrogen) atoms. The van der Waals surface area contributed by atoms with E-state index in [0.29, 0.717) is 12.3 Å². The molecule has 1 aromatic carbocycles. The number of nitrogens with zero attached hydrogens (tertiary/aromatic N) is 2. The number of anilines is 1. The van der Waals surface area contributed by atoms with Crippen molar-refractivity contribution in [3.05, 3.63) is 48.2 Å². The molecular formula is C20H22F3N3O3. The fourth-order valence-electron chi connectivity index (χ4n) is 2.71. The number of rotatable bonds is 7. The lowest BCUT2D eigenvalue weighted by Gasteiger charge is -2.38.